The summed E-state index contributed by atoms with van der Waals surface area (Å²) in [6.07, 6.45) is 0.530. The predicted molar refractivity (Wildman–Crippen MR) is 38.0 cm³/mol. The molecule has 2 unspecified atom stereocenters. The van der Waals surface area contributed by atoms with E-state index in [1.54, 1.807) is 6.92 Å². The Morgan fingerprint density at radius 1 is 1.82 bits per heavy atom. The summed E-state index contributed by atoms with van der Waals surface area (Å²) in [6.45, 7) is 1.78. The Morgan fingerprint density at radius 2 is 2.45 bits per heavy atom. The van der Waals surface area contributed by atoms with Gasteiger partial charge >= 0.3 is 0 Å². The van der Waals surface area contributed by atoms with E-state index in [1.165, 1.54) is 0 Å². The molecule has 0 aromatic heterocycles. The number of amides is 2. The third kappa shape index (κ3) is 1.48. The van der Waals surface area contributed by atoms with Crippen LogP contribution >= 0.6 is 0 Å². The Labute approximate surface area is 64.3 Å². The van der Waals surface area contributed by atoms with Crippen molar-refractivity contribution in [1.82, 2.24) is 10.7 Å². The molecule has 2 amide bonds. The van der Waals surface area contributed by atoms with Gasteiger partial charge in [-0.15, -0.1) is 0 Å². The van der Waals surface area contributed by atoms with Crippen LogP contribution in [0.2, 0.25) is 0 Å². The zero-order valence-electron chi connectivity index (χ0n) is 6.26. The molecule has 1 aliphatic rings. The predicted octanol–water partition coefficient (Wildman–Crippen LogP) is -1.50. The standard InChI is InChI=1S/C6H11N3O2/c1-3-2-4(6(11)9-7)8-5(3)10/h3-4H,2,7H2,1H3,(H,8,10)(H,9,11). The Bertz CT molecular complexity index is 192. The number of nitrogens with one attached hydrogen (secondary N) is 2. The summed E-state index contributed by atoms with van der Waals surface area (Å²) in [5.74, 6) is 4.39. The van der Waals surface area contributed by atoms with Gasteiger partial charge in [-0.05, 0) is 6.42 Å². The van der Waals surface area contributed by atoms with Gasteiger partial charge in [0.15, 0.2) is 0 Å². The molecule has 0 spiro atoms. The van der Waals surface area contributed by atoms with E-state index in [0.717, 1.165) is 0 Å². The maximum absolute atomic E-state index is 10.9. The van der Waals surface area contributed by atoms with Crippen LogP contribution < -0.4 is 16.6 Å². The van der Waals surface area contributed by atoms with Gasteiger partial charge in [-0.3, -0.25) is 15.0 Å². The first-order valence-electron chi connectivity index (χ1n) is 3.46. The molecule has 0 radical (unpaired) electrons. The third-order valence-electron chi connectivity index (χ3n) is 1.81. The van der Waals surface area contributed by atoms with Crippen LogP contribution in [-0.4, -0.2) is 17.9 Å². The zero-order chi connectivity index (χ0) is 8.43. The Morgan fingerprint density at radius 3 is 2.82 bits per heavy atom. The van der Waals surface area contributed by atoms with E-state index in [0.29, 0.717) is 6.42 Å². The van der Waals surface area contributed by atoms with E-state index in [2.05, 4.69) is 5.32 Å². The lowest BCUT2D eigenvalue weighted by Gasteiger charge is -2.05. The molecule has 0 aliphatic carbocycles. The number of hydrogen-bond donors (Lipinski definition) is 3. The highest BCUT2D eigenvalue weighted by Gasteiger charge is 2.32. The fourth-order valence-electron chi connectivity index (χ4n) is 1.11. The van der Waals surface area contributed by atoms with Crippen molar-refractivity contribution in [2.75, 3.05) is 0 Å². The van der Waals surface area contributed by atoms with Gasteiger partial charge in [-0.25, -0.2) is 5.84 Å². The number of carbonyl (C=O) groups excluding carboxylic acids is 2. The smallest absolute Gasteiger partial charge is 0.256 e. The minimum absolute atomic E-state index is 0.0846. The normalized spacial score (nSPS) is 29.8. The van der Waals surface area contributed by atoms with Gasteiger partial charge in [0.1, 0.15) is 6.04 Å². The molecule has 4 N–H and O–H groups in total. The maximum atomic E-state index is 10.9. The first kappa shape index (κ1) is 8.00. The first-order chi connectivity index (χ1) is 5.15. The molecular formula is C6H11N3O2. The van der Waals surface area contributed by atoms with Crippen molar-refractivity contribution in [1.29, 1.82) is 0 Å². The monoisotopic (exact) mass is 157 g/mol. The second kappa shape index (κ2) is 2.87. The summed E-state index contributed by atoms with van der Waals surface area (Å²) in [6, 6.07) is -0.442. The summed E-state index contributed by atoms with van der Waals surface area (Å²) in [4.78, 5) is 21.7. The van der Waals surface area contributed by atoms with Crippen LogP contribution in [0.1, 0.15) is 13.3 Å². The quantitative estimate of drug-likeness (QED) is 0.246. The lowest BCUT2D eigenvalue weighted by Crippen LogP contribution is -2.44. The van der Waals surface area contributed by atoms with E-state index in [4.69, 9.17) is 5.84 Å². The molecule has 1 aliphatic heterocycles. The summed E-state index contributed by atoms with van der Waals surface area (Å²) in [5.41, 5.74) is 1.99. The van der Waals surface area contributed by atoms with E-state index in [1.807, 2.05) is 5.43 Å². The van der Waals surface area contributed by atoms with Gasteiger partial charge in [-0.1, -0.05) is 6.92 Å². The van der Waals surface area contributed by atoms with Crippen molar-refractivity contribution < 1.29 is 9.59 Å². The van der Waals surface area contributed by atoms with Crippen LogP contribution in [0.5, 0.6) is 0 Å². The van der Waals surface area contributed by atoms with E-state index >= 15 is 0 Å². The number of hydrazine groups is 1. The number of nitrogens with two attached hydrogens (primary N) is 1. The number of rotatable bonds is 1. The molecule has 0 saturated carbocycles. The van der Waals surface area contributed by atoms with Gasteiger partial charge in [0, 0.05) is 5.92 Å². The van der Waals surface area contributed by atoms with Gasteiger partial charge in [0.2, 0.25) is 5.91 Å². The SMILES string of the molecule is CC1CC(C(=O)NN)NC1=O. The minimum Gasteiger partial charge on any atom is -0.344 e. The van der Waals surface area contributed by atoms with Crippen molar-refractivity contribution in [2.45, 2.75) is 19.4 Å². The second-order valence-electron chi connectivity index (χ2n) is 2.71. The molecule has 5 heteroatoms. The zero-order valence-corrected chi connectivity index (χ0v) is 6.26. The van der Waals surface area contributed by atoms with Gasteiger partial charge < -0.3 is 5.32 Å². The highest BCUT2D eigenvalue weighted by molar-refractivity contribution is 5.91. The molecule has 0 aromatic rings. The molecule has 0 aromatic carbocycles. The van der Waals surface area contributed by atoms with Crippen LogP contribution in [0.3, 0.4) is 0 Å². The average molecular weight is 157 g/mol. The van der Waals surface area contributed by atoms with Gasteiger partial charge in [-0.2, -0.15) is 0 Å². The second-order valence-corrected chi connectivity index (χ2v) is 2.71. The largest absolute Gasteiger partial charge is 0.344 e. The lowest BCUT2D eigenvalue weighted by molar-refractivity contribution is -0.126. The van der Waals surface area contributed by atoms with Crippen LogP contribution in [0.15, 0.2) is 0 Å². The molecular weight excluding hydrogens is 146 g/mol. The van der Waals surface area contributed by atoms with Crippen LogP contribution in [0.4, 0.5) is 0 Å². The molecule has 62 valence electrons. The molecule has 0 bridgehead atoms. The van der Waals surface area contributed by atoms with Crippen LogP contribution in [-0.2, 0) is 9.59 Å². The van der Waals surface area contributed by atoms with Crippen LogP contribution in [0, 0.1) is 5.92 Å². The van der Waals surface area contributed by atoms with E-state index in [9.17, 15) is 9.59 Å². The fourth-order valence-corrected chi connectivity index (χ4v) is 1.11. The van der Waals surface area contributed by atoms with Crippen molar-refractivity contribution in [3.05, 3.63) is 0 Å². The topological polar surface area (TPSA) is 84.2 Å². The molecule has 1 heterocycles. The summed E-state index contributed by atoms with van der Waals surface area (Å²) in [5, 5.41) is 2.52. The van der Waals surface area contributed by atoms with Crippen molar-refractivity contribution in [3.8, 4) is 0 Å². The molecule has 11 heavy (non-hydrogen) atoms. The molecule has 1 rings (SSSR count). The van der Waals surface area contributed by atoms with Crippen molar-refractivity contribution >= 4 is 11.8 Å². The summed E-state index contributed by atoms with van der Waals surface area (Å²) in [7, 11) is 0. The highest BCUT2D eigenvalue weighted by atomic mass is 16.2. The van der Waals surface area contributed by atoms with E-state index in [-0.39, 0.29) is 17.7 Å². The molecule has 1 saturated heterocycles. The number of hydrogen-bond acceptors (Lipinski definition) is 3. The number of carbonyl (C=O) groups is 2. The third-order valence-corrected chi connectivity index (χ3v) is 1.81. The van der Waals surface area contributed by atoms with Gasteiger partial charge in [0.25, 0.3) is 5.91 Å². The molecule has 5 nitrogen and oxygen atoms in total. The Kier molecular flexibility index (Phi) is 2.09. The summed E-state index contributed by atoms with van der Waals surface area (Å²) >= 11 is 0. The average Bonchev–Trinajstić information content (AvgIpc) is 2.31. The minimum atomic E-state index is -0.442. The molecule has 2 atom stereocenters. The fraction of sp³-hybridized carbons (Fsp3) is 0.667. The first-order valence-corrected chi connectivity index (χ1v) is 3.46. The Hall–Kier alpha value is -1.10. The van der Waals surface area contributed by atoms with Crippen LogP contribution in [0.25, 0.3) is 0 Å². The van der Waals surface area contributed by atoms with Gasteiger partial charge in [0.05, 0.1) is 0 Å². The highest BCUT2D eigenvalue weighted by Crippen LogP contribution is 2.13. The lowest BCUT2D eigenvalue weighted by atomic mass is 10.1. The summed E-state index contributed by atoms with van der Waals surface area (Å²) < 4.78 is 0. The van der Waals surface area contributed by atoms with Crippen molar-refractivity contribution in [2.24, 2.45) is 11.8 Å². The van der Waals surface area contributed by atoms with Crippen molar-refractivity contribution in [3.63, 3.8) is 0 Å². The maximum Gasteiger partial charge on any atom is 0.256 e. The Balaban J connectivity index is 2.53. The molecule has 1 fully saturated rings. The van der Waals surface area contributed by atoms with E-state index < -0.39 is 6.04 Å².